The minimum Gasteiger partial charge on any atom is -0.457 e. The average Bonchev–Trinajstić information content (AvgIpc) is 0.804. The fourth-order valence-electron chi connectivity index (χ4n) is 9.80. The summed E-state index contributed by atoms with van der Waals surface area (Å²) in [5.41, 5.74) is 15.4. The number of ether oxygens (including phenoxy) is 11. The molecular formula is C89H114BBr6Cl7N8O14PS. The summed E-state index contributed by atoms with van der Waals surface area (Å²) < 4.78 is 60.0. The number of carbonyl (C=O) groups excluding carboxylic acids is 2. The van der Waals surface area contributed by atoms with Crippen molar-refractivity contribution in [3.05, 3.63) is 252 Å². The Kier molecular flexibility index (Phi) is 64.7. The fraction of sp³-hybridized carbons (Fsp3) is 0.360. The van der Waals surface area contributed by atoms with Crippen LogP contribution in [-0.2, 0) is 62.3 Å². The zero-order valence-corrected chi connectivity index (χ0v) is 87.7. The van der Waals surface area contributed by atoms with Gasteiger partial charge in [-0.05, 0) is 198 Å². The maximum absolute atomic E-state index is 11.8. The largest absolute Gasteiger partial charge is 0.457 e. The topological polar surface area (TPSA) is 269 Å². The van der Waals surface area contributed by atoms with Crippen LogP contribution < -0.4 is 21.2 Å². The van der Waals surface area contributed by atoms with Gasteiger partial charge in [0, 0.05) is 134 Å². The molecule has 1 radical (unpaired) electrons. The number of aromatic amines is 1. The molecule has 0 bridgehead atoms. The van der Waals surface area contributed by atoms with E-state index in [1.165, 1.54) is 26.1 Å². The van der Waals surface area contributed by atoms with Gasteiger partial charge in [0.15, 0.2) is 11.0 Å². The van der Waals surface area contributed by atoms with E-state index >= 15 is 0 Å². The second-order valence-corrected chi connectivity index (χ2v) is 48.2. The number of carbonyl (C=O) groups is 2. The van der Waals surface area contributed by atoms with Crippen molar-refractivity contribution in [3.8, 4) is 11.5 Å². The quantitative estimate of drug-likeness (QED) is 0.00715. The van der Waals surface area contributed by atoms with Gasteiger partial charge in [0.1, 0.15) is 24.1 Å². The van der Waals surface area contributed by atoms with Crippen LogP contribution in [0.15, 0.2) is 223 Å². The van der Waals surface area contributed by atoms with Gasteiger partial charge in [-0.25, -0.2) is 19.6 Å². The standard InChI is InChI=1S/C14H14BrNO4.C12H10O.C10H6Br2ClN.C10H7BrClN.C10H8BrNO.C9H16N2O2.C7H8BrN.2C7H16O3.3CH4.BHNS.Cl5P/c1-8-4-5-9(15)6-11(8)16-7-10-12(17)19-14(2,3)20-13(10)18;1-3-7-11(8-4-1)13-12-9-5-2-6-10-12;11-5-6-1-2-7(12)9-8(13)3-4-14-10(6)9;1-6-2-3-7(11)9-8(12)4-5-13-10(6)9;1-6-2-3-7(11)9-8(13)4-5-12-10(6)9;1-6(2)8-9(13-4)10-5-7(11-8)12-3;1-5-2-3-6(8)4-7(5)9;2*1-4-8-7(9-5-2)10-6-3;;;;1-2-3;1-6(2,3,4)5/h4-7,16H,1-3H3;1-10H;1-4H,5H2;2-5H,1H3;2-5H,1H3,(H,12,13);6,8H,5H2,1-4H3;2-4H,9H2,1H3;2*7H,4-6H2,1-3H3;3*1H4;3H;/t;;;;;8-;;;;;;;;/m.....1......../s1. The Morgan fingerprint density at radius 1 is 0.598 bits per heavy atom. The number of H-pyrrole nitrogens is 1. The molecule has 0 unspecified atom stereocenters. The Hall–Kier alpha value is -5.10. The number of hydrogen-bond acceptors (Lipinski definition) is 22. The van der Waals surface area contributed by atoms with E-state index in [2.05, 4.69) is 164 Å². The third kappa shape index (κ3) is 49.5. The Morgan fingerprint density at radius 2 is 1.01 bits per heavy atom. The molecule has 2 aliphatic rings. The number of fused-ring (bicyclic) bond motifs is 3. The molecule has 127 heavy (non-hydrogen) atoms. The first kappa shape index (κ1) is 124. The van der Waals surface area contributed by atoms with Crippen LogP contribution in [0.5, 0.6) is 11.5 Å². The maximum atomic E-state index is 11.8. The Balaban J connectivity index is 0. The van der Waals surface area contributed by atoms with E-state index in [0.29, 0.717) is 63.9 Å². The van der Waals surface area contributed by atoms with E-state index in [1.807, 2.05) is 203 Å². The van der Waals surface area contributed by atoms with E-state index in [1.54, 1.807) is 44.9 Å². The number of anilines is 2. The SMILES string of the molecule is C.C.C.CCOC(OCC)OCC.CCOC(OCC)OCC.COC1=N[C@H](C(C)C)C(OC)=NC1.Cc1ccc(Br)c2c(=O)cc[nH]c12.Cc1ccc(Br)c2c(Cl)ccnc12.Cc1ccc(Br)cc1N.Cc1ccc(Br)cc1NC=C1C(=O)OC(C)(C)OC1=O.ClP(Cl)(Cl)(Cl)Cl.Clc1ccnc2c(CBr)ccc(Br)c12.[B]=NS.c1ccc(Oc2ccccc2)cc1. The number of aryl methyl sites for hydroxylation is 4. The number of alkyl halides is 1. The molecule has 4 N–H and O–H groups in total. The number of esters is 2. The van der Waals surface area contributed by atoms with Crippen molar-refractivity contribution in [3.63, 3.8) is 0 Å². The van der Waals surface area contributed by atoms with Crippen LogP contribution in [0, 0.1) is 33.6 Å². The van der Waals surface area contributed by atoms with Crippen molar-refractivity contribution < 1.29 is 61.7 Å². The molecule has 10 aromatic rings. The van der Waals surface area contributed by atoms with Crippen molar-refractivity contribution in [1.29, 1.82) is 0 Å². The van der Waals surface area contributed by atoms with Crippen LogP contribution in [-0.4, -0.2) is 132 Å². The summed E-state index contributed by atoms with van der Waals surface area (Å²) in [4.78, 5) is 55.3. The number of hydrogen-bond donors (Lipinski definition) is 4. The van der Waals surface area contributed by atoms with Crippen molar-refractivity contribution in [2.24, 2.45) is 20.2 Å². The maximum Gasteiger partial charge on any atom is 0.127 e. The summed E-state index contributed by atoms with van der Waals surface area (Å²) in [5, 5.41) is 7.86. The number of rotatable bonds is 18. The molecule has 22 nitrogen and oxygen atoms in total. The van der Waals surface area contributed by atoms with Gasteiger partial charge in [-0.1, -0.05) is 206 Å². The van der Waals surface area contributed by atoms with E-state index in [9.17, 15) is 14.4 Å². The molecule has 1 saturated heterocycles. The normalized spacial score (nSPS) is 12.7. The second-order valence-electron chi connectivity index (χ2n) is 25.6. The van der Waals surface area contributed by atoms with Crippen LogP contribution in [0.3, 0.4) is 0 Å². The monoisotopic (exact) mass is 2310 g/mol. The molecule has 699 valence electrons. The summed E-state index contributed by atoms with van der Waals surface area (Å²) in [6.07, 6.45) is 6.42. The van der Waals surface area contributed by atoms with Gasteiger partial charge >= 0.3 is 96.3 Å². The fourth-order valence-corrected chi connectivity index (χ4v) is 13.3. The van der Waals surface area contributed by atoms with Gasteiger partial charge < -0.3 is 68.1 Å². The van der Waals surface area contributed by atoms with Gasteiger partial charge in [0.2, 0.25) is 11.8 Å². The third-order valence-corrected chi connectivity index (χ3v) is 19.7. The molecule has 0 spiro atoms. The second kappa shape index (κ2) is 66.3. The number of nitrogens with one attached hydrogen (secondary N) is 2. The zero-order chi connectivity index (χ0) is 93.3. The predicted octanol–water partition coefficient (Wildman–Crippen LogP) is 30.1. The van der Waals surface area contributed by atoms with Crippen molar-refractivity contribution >= 4 is 267 Å². The molecule has 1 atom stereocenters. The van der Waals surface area contributed by atoms with Gasteiger partial charge in [0.05, 0.1) is 46.2 Å². The van der Waals surface area contributed by atoms with Crippen LogP contribution >= 0.6 is 191 Å². The Morgan fingerprint density at radius 3 is 1.41 bits per heavy atom. The van der Waals surface area contributed by atoms with E-state index in [0.717, 1.165) is 121 Å². The van der Waals surface area contributed by atoms with Gasteiger partial charge in [-0.15, -0.1) is 0 Å². The number of benzene rings is 7. The summed E-state index contributed by atoms with van der Waals surface area (Å²) in [6.45, 7) is 29.8. The summed E-state index contributed by atoms with van der Waals surface area (Å²) >= 11 is 60.6. The Bertz CT molecular complexity index is 4970. The van der Waals surface area contributed by atoms with Crippen LogP contribution in [0.4, 0.5) is 11.4 Å². The number of nitrogens with zero attached hydrogens (tertiary/aromatic N) is 5. The number of aromatic nitrogens is 3. The Labute approximate surface area is 839 Å². The van der Waals surface area contributed by atoms with Crippen LogP contribution in [0.25, 0.3) is 32.7 Å². The third-order valence-electron chi connectivity index (χ3n) is 15.5. The van der Waals surface area contributed by atoms with Gasteiger partial charge in [0.25, 0.3) is 18.7 Å². The van der Waals surface area contributed by atoms with E-state index in [-0.39, 0.29) is 39.3 Å². The first-order valence-electron chi connectivity index (χ1n) is 37.9. The summed E-state index contributed by atoms with van der Waals surface area (Å²) in [6, 6.07) is 48.1. The molecule has 38 heteroatoms. The molecule has 0 saturated carbocycles. The number of cyclic esters (lactones) is 2. The molecule has 5 heterocycles. The number of halogens is 13. The van der Waals surface area contributed by atoms with Crippen molar-refractivity contribution in [2.75, 3.05) is 71.5 Å². The van der Waals surface area contributed by atoms with Gasteiger partial charge in [-0.3, -0.25) is 14.8 Å². The first-order chi connectivity index (χ1) is 58.6. The predicted molar refractivity (Wildman–Crippen MR) is 560 cm³/mol. The van der Waals surface area contributed by atoms with Crippen LogP contribution in [0.2, 0.25) is 10.0 Å². The number of pyridine rings is 3. The molecule has 0 aliphatic carbocycles. The van der Waals surface area contributed by atoms with Crippen LogP contribution in [0.1, 0.15) is 119 Å². The first-order valence-corrected chi connectivity index (χ1v) is 50.9. The number of para-hydroxylation sites is 2. The van der Waals surface area contributed by atoms with Gasteiger partial charge in [-0.2, -0.15) is 0 Å². The van der Waals surface area contributed by atoms with Crippen molar-refractivity contribution in [1.82, 2.24) is 15.0 Å². The van der Waals surface area contributed by atoms with E-state index in [4.69, 9.17) is 137 Å². The number of nitrogens with two attached hydrogens (primary N) is 1. The van der Waals surface area contributed by atoms with Crippen molar-refractivity contribution in [2.45, 2.75) is 149 Å². The molecule has 1 fully saturated rings. The number of methoxy groups -OCH3 is 2. The molecule has 2 aliphatic heterocycles. The van der Waals surface area contributed by atoms with E-state index < -0.39 is 34.0 Å². The summed E-state index contributed by atoms with van der Waals surface area (Å²) in [5.74, 6) is 0.872. The molecule has 3 aromatic heterocycles. The molecule has 12 rings (SSSR count). The molecular weight excluding hydrogens is 2210 g/mol. The number of nitrogen functional groups attached to an aromatic ring is 1. The minimum atomic E-state index is -3.69. The zero-order valence-electron chi connectivity index (χ0n) is 71.1. The smallest absolute Gasteiger partial charge is 0.127 e. The average molecular weight is 2320 g/mol. The summed E-state index contributed by atoms with van der Waals surface area (Å²) in [7, 11) is 7.58. The molecule has 0 amide bonds. The number of thiol groups is 1. The minimum absolute atomic E-state index is 0. The molecule has 7 aromatic carbocycles. The number of aliphatic imine (C=N–C) groups is 2.